The molecule has 0 radical (unpaired) electrons. The molecule has 1 aromatic rings. The van der Waals surface area contributed by atoms with E-state index in [0.717, 1.165) is 17.5 Å². The van der Waals surface area contributed by atoms with Gasteiger partial charge in [-0.15, -0.1) is 10.2 Å². The fourth-order valence-electron chi connectivity index (χ4n) is 2.70. The SMILES string of the molecule is CC(C)(C)C1CCCN(Cc2nnc(N)s2)CC1. The van der Waals surface area contributed by atoms with Gasteiger partial charge >= 0.3 is 0 Å². The van der Waals surface area contributed by atoms with Crippen molar-refractivity contribution in [3.8, 4) is 0 Å². The molecular weight excluding hydrogens is 244 g/mol. The third-order valence-electron chi connectivity index (χ3n) is 3.89. The zero-order valence-electron chi connectivity index (χ0n) is 11.6. The summed E-state index contributed by atoms with van der Waals surface area (Å²) in [6.07, 6.45) is 3.92. The van der Waals surface area contributed by atoms with Gasteiger partial charge in [-0.1, -0.05) is 32.1 Å². The van der Waals surface area contributed by atoms with Gasteiger partial charge in [-0.3, -0.25) is 4.90 Å². The standard InChI is InChI=1S/C13H24N4S/c1-13(2,3)10-5-4-7-17(8-6-10)9-11-15-16-12(14)18-11/h10H,4-9H2,1-3H3,(H2,14,16). The van der Waals surface area contributed by atoms with Gasteiger partial charge in [0.25, 0.3) is 0 Å². The molecular formula is C13H24N4S. The summed E-state index contributed by atoms with van der Waals surface area (Å²) >= 11 is 1.51. The molecule has 1 fully saturated rings. The molecule has 0 bridgehead atoms. The molecule has 1 aliphatic rings. The van der Waals surface area contributed by atoms with Crippen LogP contribution in [0.4, 0.5) is 5.13 Å². The van der Waals surface area contributed by atoms with E-state index < -0.39 is 0 Å². The first kappa shape index (κ1) is 13.7. The van der Waals surface area contributed by atoms with Crippen LogP contribution in [0, 0.1) is 11.3 Å². The Morgan fingerprint density at radius 2 is 2.06 bits per heavy atom. The Morgan fingerprint density at radius 1 is 1.28 bits per heavy atom. The molecule has 0 spiro atoms. The van der Waals surface area contributed by atoms with E-state index in [-0.39, 0.29) is 0 Å². The maximum atomic E-state index is 5.62. The fraction of sp³-hybridized carbons (Fsp3) is 0.846. The summed E-state index contributed by atoms with van der Waals surface area (Å²) < 4.78 is 0. The molecule has 0 amide bonds. The average Bonchev–Trinajstić information content (AvgIpc) is 2.53. The smallest absolute Gasteiger partial charge is 0.203 e. The number of anilines is 1. The molecule has 2 rings (SSSR count). The number of rotatable bonds is 2. The quantitative estimate of drug-likeness (QED) is 0.896. The Balaban J connectivity index is 1.89. The molecule has 0 saturated carbocycles. The lowest BCUT2D eigenvalue weighted by atomic mass is 9.77. The molecule has 0 aromatic carbocycles. The van der Waals surface area contributed by atoms with Crippen LogP contribution in [-0.4, -0.2) is 28.2 Å². The van der Waals surface area contributed by atoms with E-state index in [0.29, 0.717) is 10.5 Å². The van der Waals surface area contributed by atoms with Crippen LogP contribution < -0.4 is 5.73 Å². The van der Waals surface area contributed by atoms with E-state index in [9.17, 15) is 0 Å². The highest BCUT2D eigenvalue weighted by Gasteiger charge is 2.27. The second kappa shape index (κ2) is 5.53. The largest absolute Gasteiger partial charge is 0.374 e. The van der Waals surface area contributed by atoms with Gasteiger partial charge in [-0.2, -0.15) is 0 Å². The Hall–Kier alpha value is -0.680. The summed E-state index contributed by atoms with van der Waals surface area (Å²) in [7, 11) is 0. The Morgan fingerprint density at radius 3 is 2.67 bits per heavy atom. The normalized spacial score (nSPS) is 22.9. The second-order valence-corrected chi connectivity index (χ2v) is 7.40. The van der Waals surface area contributed by atoms with Gasteiger partial charge in [0, 0.05) is 0 Å². The molecule has 1 unspecified atom stereocenters. The Labute approximate surface area is 114 Å². The number of likely N-dealkylation sites (tertiary alicyclic amines) is 1. The van der Waals surface area contributed by atoms with Crippen LogP contribution in [0.3, 0.4) is 0 Å². The van der Waals surface area contributed by atoms with Crippen LogP contribution >= 0.6 is 11.3 Å². The highest BCUT2D eigenvalue weighted by atomic mass is 32.1. The van der Waals surface area contributed by atoms with Crippen LogP contribution in [0.1, 0.15) is 45.0 Å². The van der Waals surface area contributed by atoms with Crippen LogP contribution in [-0.2, 0) is 6.54 Å². The lowest BCUT2D eigenvalue weighted by molar-refractivity contribution is 0.206. The summed E-state index contributed by atoms with van der Waals surface area (Å²) in [5.74, 6) is 0.835. The molecule has 2 heterocycles. The monoisotopic (exact) mass is 268 g/mol. The van der Waals surface area contributed by atoms with Crippen molar-refractivity contribution < 1.29 is 0 Å². The molecule has 4 nitrogen and oxygen atoms in total. The molecule has 2 N–H and O–H groups in total. The zero-order valence-corrected chi connectivity index (χ0v) is 12.5. The lowest BCUT2D eigenvalue weighted by Crippen LogP contribution is -2.26. The van der Waals surface area contributed by atoms with Crippen molar-refractivity contribution in [2.24, 2.45) is 11.3 Å². The van der Waals surface area contributed by atoms with Gasteiger partial charge in [-0.05, 0) is 43.7 Å². The van der Waals surface area contributed by atoms with E-state index in [2.05, 4.69) is 35.9 Å². The lowest BCUT2D eigenvalue weighted by Gasteiger charge is -2.29. The minimum Gasteiger partial charge on any atom is -0.374 e. The highest BCUT2D eigenvalue weighted by Crippen LogP contribution is 2.34. The first-order chi connectivity index (χ1) is 8.45. The molecule has 102 valence electrons. The van der Waals surface area contributed by atoms with E-state index >= 15 is 0 Å². The zero-order chi connectivity index (χ0) is 13.2. The van der Waals surface area contributed by atoms with Gasteiger partial charge in [0.05, 0.1) is 6.54 Å². The maximum Gasteiger partial charge on any atom is 0.203 e. The second-order valence-electron chi connectivity index (χ2n) is 6.30. The van der Waals surface area contributed by atoms with Crippen molar-refractivity contribution in [2.75, 3.05) is 18.8 Å². The van der Waals surface area contributed by atoms with Crippen LogP contribution in [0.5, 0.6) is 0 Å². The number of aromatic nitrogens is 2. The Kier molecular flexibility index (Phi) is 4.22. The molecule has 1 aliphatic heterocycles. The van der Waals surface area contributed by atoms with Crippen molar-refractivity contribution in [2.45, 2.75) is 46.6 Å². The summed E-state index contributed by atoms with van der Waals surface area (Å²) in [6.45, 7) is 10.3. The van der Waals surface area contributed by atoms with E-state index in [1.165, 1.54) is 43.7 Å². The highest BCUT2D eigenvalue weighted by molar-refractivity contribution is 7.15. The van der Waals surface area contributed by atoms with Crippen LogP contribution in [0.25, 0.3) is 0 Å². The predicted molar refractivity (Wildman–Crippen MR) is 76.4 cm³/mol. The van der Waals surface area contributed by atoms with Gasteiger partial charge < -0.3 is 5.73 Å². The van der Waals surface area contributed by atoms with Gasteiger partial charge in [0.15, 0.2) is 0 Å². The molecule has 1 atom stereocenters. The minimum absolute atomic E-state index is 0.434. The first-order valence-electron chi connectivity index (χ1n) is 6.75. The van der Waals surface area contributed by atoms with Gasteiger partial charge in [0.1, 0.15) is 5.01 Å². The van der Waals surface area contributed by atoms with Crippen molar-refractivity contribution in [3.63, 3.8) is 0 Å². The van der Waals surface area contributed by atoms with E-state index in [1.54, 1.807) is 0 Å². The first-order valence-corrected chi connectivity index (χ1v) is 7.57. The van der Waals surface area contributed by atoms with E-state index in [1.807, 2.05) is 0 Å². The maximum absolute atomic E-state index is 5.62. The third kappa shape index (κ3) is 3.65. The van der Waals surface area contributed by atoms with Crippen molar-refractivity contribution in [3.05, 3.63) is 5.01 Å². The topological polar surface area (TPSA) is 55.0 Å². The molecule has 1 aromatic heterocycles. The fourth-order valence-corrected chi connectivity index (χ4v) is 3.35. The molecule has 1 saturated heterocycles. The number of nitrogen functional groups attached to an aromatic ring is 1. The minimum atomic E-state index is 0.434. The summed E-state index contributed by atoms with van der Waals surface area (Å²) in [5.41, 5.74) is 6.05. The number of hydrogen-bond donors (Lipinski definition) is 1. The summed E-state index contributed by atoms with van der Waals surface area (Å²) in [4.78, 5) is 2.49. The van der Waals surface area contributed by atoms with Crippen LogP contribution in [0.2, 0.25) is 0 Å². The van der Waals surface area contributed by atoms with Crippen molar-refractivity contribution in [1.82, 2.24) is 15.1 Å². The molecule has 0 aliphatic carbocycles. The summed E-state index contributed by atoms with van der Waals surface area (Å²) in [6, 6.07) is 0. The van der Waals surface area contributed by atoms with Gasteiger partial charge in [-0.25, -0.2) is 0 Å². The number of hydrogen-bond acceptors (Lipinski definition) is 5. The van der Waals surface area contributed by atoms with Gasteiger partial charge in [0.2, 0.25) is 5.13 Å². The predicted octanol–water partition coefficient (Wildman–Crippen LogP) is 2.77. The number of nitrogens with two attached hydrogens (primary N) is 1. The van der Waals surface area contributed by atoms with E-state index in [4.69, 9.17) is 5.73 Å². The van der Waals surface area contributed by atoms with Crippen molar-refractivity contribution in [1.29, 1.82) is 0 Å². The third-order valence-corrected chi connectivity index (χ3v) is 4.62. The molecule has 18 heavy (non-hydrogen) atoms. The number of nitrogens with zero attached hydrogens (tertiary/aromatic N) is 3. The van der Waals surface area contributed by atoms with Crippen LogP contribution in [0.15, 0.2) is 0 Å². The Bertz CT molecular complexity index is 383. The molecule has 5 heteroatoms. The summed E-state index contributed by atoms with van der Waals surface area (Å²) in [5, 5.41) is 9.61. The average molecular weight is 268 g/mol. The van der Waals surface area contributed by atoms with Crippen molar-refractivity contribution >= 4 is 16.5 Å².